The van der Waals surface area contributed by atoms with Crippen molar-refractivity contribution in [2.45, 2.75) is 53.5 Å². The fourth-order valence-corrected chi connectivity index (χ4v) is 2.26. The molecule has 0 spiro atoms. The fourth-order valence-electron chi connectivity index (χ4n) is 2.26. The number of anilines is 1. The van der Waals surface area contributed by atoms with Gasteiger partial charge in [0.15, 0.2) is 0 Å². The van der Waals surface area contributed by atoms with Gasteiger partial charge in [0.2, 0.25) is 11.8 Å². The highest BCUT2D eigenvalue weighted by atomic mass is 16.2. The highest BCUT2D eigenvalue weighted by molar-refractivity contribution is 5.95. The SMILES string of the molecule is CCC(C)C(=O)NC(C)CN(C(=O)C(C)CC)c1ccccc1. The van der Waals surface area contributed by atoms with E-state index in [1.165, 1.54) is 0 Å². The molecule has 3 unspecified atom stereocenters. The number of amides is 2. The number of carbonyl (C=O) groups is 2. The van der Waals surface area contributed by atoms with Gasteiger partial charge in [-0.1, -0.05) is 45.9 Å². The monoisotopic (exact) mass is 318 g/mol. The molecule has 2 amide bonds. The quantitative estimate of drug-likeness (QED) is 0.796. The molecule has 0 bridgehead atoms. The second kappa shape index (κ2) is 9.33. The van der Waals surface area contributed by atoms with Crippen molar-refractivity contribution >= 4 is 17.5 Å². The summed E-state index contributed by atoms with van der Waals surface area (Å²) < 4.78 is 0. The number of para-hydroxylation sites is 1. The lowest BCUT2D eigenvalue weighted by molar-refractivity contribution is -0.126. The maximum Gasteiger partial charge on any atom is 0.229 e. The van der Waals surface area contributed by atoms with E-state index < -0.39 is 0 Å². The van der Waals surface area contributed by atoms with Gasteiger partial charge in [-0.3, -0.25) is 9.59 Å². The van der Waals surface area contributed by atoms with Gasteiger partial charge >= 0.3 is 0 Å². The second-order valence-electron chi connectivity index (χ2n) is 6.31. The van der Waals surface area contributed by atoms with E-state index >= 15 is 0 Å². The molecular formula is C19H30N2O2. The Labute approximate surface area is 140 Å². The van der Waals surface area contributed by atoms with Crippen LogP contribution in [0.3, 0.4) is 0 Å². The molecule has 4 heteroatoms. The van der Waals surface area contributed by atoms with Gasteiger partial charge in [-0.25, -0.2) is 0 Å². The zero-order valence-corrected chi connectivity index (χ0v) is 15.0. The largest absolute Gasteiger partial charge is 0.352 e. The Kier molecular flexibility index (Phi) is 7.79. The summed E-state index contributed by atoms with van der Waals surface area (Å²) in [5.41, 5.74) is 0.877. The first-order valence-electron chi connectivity index (χ1n) is 8.57. The second-order valence-corrected chi connectivity index (χ2v) is 6.31. The number of nitrogens with one attached hydrogen (secondary N) is 1. The van der Waals surface area contributed by atoms with Gasteiger partial charge in [-0.05, 0) is 31.9 Å². The van der Waals surface area contributed by atoms with Crippen LogP contribution >= 0.6 is 0 Å². The maximum absolute atomic E-state index is 12.7. The number of hydrogen-bond acceptors (Lipinski definition) is 2. The summed E-state index contributed by atoms with van der Waals surface area (Å²) in [5, 5.41) is 3.01. The number of carbonyl (C=O) groups excluding carboxylic acids is 2. The van der Waals surface area contributed by atoms with E-state index in [1.54, 1.807) is 4.90 Å². The molecule has 0 radical (unpaired) electrons. The Morgan fingerprint density at radius 2 is 1.57 bits per heavy atom. The van der Waals surface area contributed by atoms with Crippen LogP contribution in [0.15, 0.2) is 30.3 Å². The van der Waals surface area contributed by atoms with Crippen molar-refractivity contribution < 1.29 is 9.59 Å². The van der Waals surface area contributed by atoms with Crippen molar-refractivity contribution in [1.82, 2.24) is 5.32 Å². The summed E-state index contributed by atoms with van der Waals surface area (Å²) >= 11 is 0. The lowest BCUT2D eigenvalue weighted by atomic mass is 10.1. The predicted molar refractivity (Wildman–Crippen MR) is 95.3 cm³/mol. The lowest BCUT2D eigenvalue weighted by Gasteiger charge is -2.29. The first kappa shape index (κ1) is 19.2. The van der Waals surface area contributed by atoms with Gasteiger partial charge in [0.25, 0.3) is 0 Å². The molecule has 1 rings (SSSR count). The van der Waals surface area contributed by atoms with Gasteiger partial charge < -0.3 is 10.2 Å². The molecule has 0 saturated carbocycles. The molecule has 0 aliphatic carbocycles. The molecule has 0 aliphatic heterocycles. The zero-order valence-electron chi connectivity index (χ0n) is 15.0. The van der Waals surface area contributed by atoms with Crippen LogP contribution in [0, 0.1) is 11.8 Å². The molecule has 1 aromatic carbocycles. The van der Waals surface area contributed by atoms with Crippen molar-refractivity contribution in [3.05, 3.63) is 30.3 Å². The van der Waals surface area contributed by atoms with E-state index in [2.05, 4.69) is 5.32 Å². The third-order valence-electron chi connectivity index (χ3n) is 4.27. The van der Waals surface area contributed by atoms with Gasteiger partial charge in [0.1, 0.15) is 0 Å². The number of hydrogen-bond donors (Lipinski definition) is 1. The minimum atomic E-state index is -0.0929. The first-order chi connectivity index (χ1) is 10.9. The molecule has 3 atom stereocenters. The molecular weight excluding hydrogens is 288 g/mol. The maximum atomic E-state index is 12.7. The minimum absolute atomic E-state index is 0.00658. The summed E-state index contributed by atoms with van der Waals surface area (Å²) in [6.45, 7) is 10.3. The Morgan fingerprint density at radius 1 is 1.00 bits per heavy atom. The average Bonchev–Trinajstić information content (AvgIpc) is 2.58. The molecule has 128 valence electrons. The fraction of sp³-hybridized carbons (Fsp3) is 0.579. The van der Waals surface area contributed by atoms with Gasteiger partial charge in [-0.2, -0.15) is 0 Å². The van der Waals surface area contributed by atoms with Crippen LogP contribution in [0.4, 0.5) is 5.69 Å². The van der Waals surface area contributed by atoms with Crippen LogP contribution in [-0.4, -0.2) is 24.4 Å². The zero-order chi connectivity index (χ0) is 17.4. The molecule has 23 heavy (non-hydrogen) atoms. The number of nitrogens with zero attached hydrogens (tertiary/aromatic N) is 1. The molecule has 0 aliphatic rings. The predicted octanol–water partition coefficient (Wildman–Crippen LogP) is 3.62. The van der Waals surface area contributed by atoms with Crippen molar-refractivity contribution in [3.8, 4) is 0 Å². The smallest absolute Gasteiger partial charge is 0.229 e. The van der Waals surface area contributed by atoms with Crippen LogP contribution in [0.5, 0.6) is 0 Å². The summed E-state index contributed by atoms with van der Waals surface area (Å²) in [5.74, 6) is 0.105. The highest BCUT2D eigenvalue weighted by Gasteiger charge is 2.23. The number of rotatable bonds is 8. The highest BCUT2D eigenvalue weighted by Crippen LogP contribution is 2.18. The summed E-state index contributed by atoms with van der Waals surface area (Å²) in [6, 6.07) is 9.56. The van der Waals surface area contributed by atoms with Crippen molar-refractivity contribution in [2.75, 3.05) is 11.4 Å². The lowest BCUT2D eigenvalue weighted by Crippen LogP contribution is -2.47. The third kappa shape index (κ3) is 5.70. The molecule has 1 aromatic rings. The average molecular weight is 318 g/mol. The van der Waals surface area contributed by atoms with Crippen LogP contribution in [-0.2, 0) is 9.59 Å². The molecule has 0 heterocycles. The van der Waals surface area contributed by atoms with Crippen molar-refractivity contribution in [3.63, 3.8) is 0 Å². The Bertz CT molecular complexity index is 501. The Hall–Kier alpha value is -1.84. The Balaban J connectivity index is 2.85. The molecule has 0 aromatic heterocycles. The first-order valence-corrected chi connectivity index (χ1v) is 8.57. The van der Waals surface area contributed by atoms with Crippen molar-refractivity contribution in [1.29, 1.82) is 0 Å². The van der Waals surface area contributed by atoms with E-state index in [9.17, 15) is 9.59 Å². The van der Waals surface area contributed by atoms with E-state index in [-0.39, 0.29) is 29.7 Å². The molecule has 0 saturated heterocycles. The van der Waals surface area contributed by atoms with Crippen LogP contribution in [0.1, 0.15) is 47.5 Å². The summed E-state index contributed by atoms with van der Waals surface area (Å²) in [6.07, 6.45) is 1.61. The Morgan fingerprint density at radius 3 is 2.09 bits per heavy atom. The van der Waals surface area contributed by atoms with E-state index in [0.29, 0.717) is 6.54 Å². The van der Waals surface area contributed by atoms with Crippen LogP contribution in [0.25, 0.3) is 0 Å². The van der Waals surface area contributed by atoms with Crippen molar-refractivity contribution in [2.24, 2.45) is 11.8 Å². The number of benzene rings is 1. The van der Waals surface area contributed by atoms with Crippen LogP contribution in [0.2, 0.25) is 0 Å². The normalized spacial score (nSPS) is 14.7. The third-order valence-corrected chi connectivity index (χ3v) is 4.27. The molecule has 0 fully saturated rings. The topological polar surface area (TPSA) is 49.4 Å². The standard InChI is InChI=1S/C19H30N2O2/c1-6-14(3)18(22)20-16(5)13-21(19(23)15(4)7-2)17-11-9-8-10-12-17/h8-12,14-16H,6-7,13H2,1-5H3,(H,20,22). The summed E-state index contributed by atoms with van der Waals surface area (Å²) in [7, 11) is 0. The van der Waals surface area contributed by atoms with Crippen LogP contribution < -0.4 is 10.2 Å². The van der Waals surface area contributed by atoms with Gasteiger partial charge in [-0.15, -0.1) is 0 Å². The summed E-state index contributed by atoms with van der Waals surface area (Å²) in [4.78, 5) is 26.5. The molecule has 4 nitrogen and oxygen atoms in total. The van der Waals surface area contributed by atoms with E-state index in [4.69, 9.17) is 0 Å². The molecule has 1 N–H and O–H groups in total. The minimum Gasteiger partial charge on any atom is -0.352 e. The van der Waals surface area contributed by atoms with Gasteiger partial charge in [0.05, 0.1) is 0 Å². The van der Waals surface area contributed by atoms with Gasteiger partial charge in [0, 0.05) is 30.1 Å². The van der Waals surface area contributed by atoms with E-state index in [0.717, 1.165) is 18.5 Å². The van der Waals surface area contributed by atoms with E-state index in [1.807, 2.05) is 65.0 Å².